The van der Waals surface area contributed by atoms with Crippen molar-refractivity contribution in [2.75, 3.05) is 13.1 Å². The van der Waals surface area contributed by atoms with Gasteiger partial charge in [-0.05, 0) is 46.0 Å². The van der Waals surface area contributed by atoms with Crippen LogP contribution in [-0.4, -0.2) is 29.9 Å². The highest BCUT2D eigenvalue weighted by atomic mass is 79.9. The number of rotatable bonds is 1. The molecule has 0 bridgehead atoms. The van der Waals surface area contributed by atoms with Crippen molar-refractivity contribution in [1.82, 2.24) is 4.90 Å². The monoisotopic (exact) mass is 328 g/mol. The Bertz CT molecular complexity index is 504. The fourth-order valence-corrected chi connectivity index (χ4v) is 2.90. The summed E-state index contributed by atoms with van der Waals surface area (Å²) in [5, 5.41) is 0. The van der Waals surface area contributed by atoms with E-state index in [1.165, 1.54) is 18.2 Å². The highest BCUT2D eigenvalue weighted by Gasteiger charge is 2.35. The van der Waals surface area contributed by atoms with Crippen molar-refractivity contribution in [1.29, 1.82) is 0 Å². The van der Waals surface area contributed by atoms with E-state index in [4.69, 9.17) is 5.73 Å². The molecule has 1 aromatic carbocycles. The topological polar surface area (TPSA) is 46.3 Å². The second-order valence-electron chi connectivity index (χ2n) is 5.73. The Kier molecular flexibility index (Phi) is 3.97. The SMILES string of the molecule is CC1(C)CN(C(=O)c2ccc(F)cc2Br)CCC1N. The third kappa shape index (κ3) is 2.98. The van der Waals surface area contributed by atoms with Gasteiger partial charge in [-0.2, -0.15) is 0 Å². The molecule has 1 aliphatic rings. The minimum atomic E-state index is -0.357. The molecule has 0 spiro atoms. The molecule has 2 rings (SSSR count). The molecule has 2 N–H and O–H groups in total. The van der Waals surface area contributed by atoms with Crippen LogP contribution in [0.1, 0.15) is 30.6 Å². The summed E-state index contributed by atoms with van der Waals surface area (Å²) in [4.78, 5) is 14.3. The van der Waals surface area contributed by atoms with Gasteiger partial charge in [0.2, 0.25) is 0 Å². The first kappa shape index (κ1) is 14.5. The van der Waals surface area contributed by atoms with Crippen LogP contribution < -0.4 is 5.73 Å². The molecule has 1 saturated heterocycles. The predicted octanol–water partition coefficient (Wildman–Crippen LogP) is 2.79. The Morgan fingerprint density at radius 2 is 2.21 bits per heavy atom. The molecule has 0 radical (unpaired) electrons. The van der Waals surface area contributed by atoms with Crippen LogP contribution in [0.5, 0.6) is 0 Å². The van der Waals surface area contributed by atoms with Crippen LogP contribution in [0.15, 0.2) is 22.7 Å². The highest BCUT2D eigenvalue weighted by Crippen LogP contribution is 2.29. The van der Waals surface area contributed by atoms with Crippen LogP contribution in [0, 0.1) is 11.2 Å². The number of carbonyl (C=O) groups is 1. The zero-order chi connectivity index (χ0) is 14.2. The number of halogens is 2. The van der Waals surface area contributed by atoms with Crippen LogP contribution in [-0.2, 0) is 0 Å². The summed E-state index contributed by atoms with van der Waals surface area (Å²) in [6.07, 6.45) is 0.789. The summed E-state index contributed by atoms with van der Waals surface area (Å²) in [6, 6.07) is 4.24. The van der Waals surface area contributed by atoms with Crippen molar-refractivity contribution in [3.8, 4) is 0 Å². The van der Waals surface area contributed by atoms with Crippen molar-refractivity contribution in [3.05, 3.63) is 34.1 Å². The number of nitrogens with two attached hydrogens (primary N) is 1. The van der Waals surface area contributed by atoms with E-state index in [1.807, 2.05) is 0 Å². The van der Waals surface area contributed by atoms with Gasteiger partial charge in [0, 0.05) is 23.6 Å². The summed E-state index contributed by atoms with van der Waals surface area (Å²) in [5.74, 6) is -0.434. The van der Waals surface area contributed by atoms with E-state index < -0.39 is 0 Å². The maximum atomic E-state index is 13.1. The predicted molar refractivity (Wildman–Crippen MR) is 76.4 cm³/mol. The van der Waals surface area contributed by atoms with Gasteiger partial charge in [-0.1, -0.05) is 13.8 Å². The number of benzene rings is 1. The van der Waals surface area contributed by atoms with E-state index in [0.717, 1.165) is 6.42 Å². The Morgan fingerprint density at radius 1 is 1.53 bits per heavy atom. The lowest BCUT2D eigenvalue weighted by Gasteiger charge is -2.42. The molecule has 1 aliphatic heterocycles. The van der Waals surface area contributed by atoms with E-state index in [9.17, 15) is 9.18 Å². The molecule has 1 heterocycles. The van der Waals surface area contributed by atoms with Crippen LogP contribution >= 0.6 is 15.9 Å². The average molecular weight is 329 g/mol. The van der Waals surface area contributed by atoms with E-state index in [0.29, 0.717) is 23.1 Å². The second kappa shape index (κ2) is 5.21. The minimum absolute atomic E-state index is 0.0770. The number of hydrogen-bond acceptors (Lipinski definition) is 2. The number of piperidine rings is 1. The van der Waals surface area contributed by atoms with Crippen molar-refractivity contribution in [2.45, 2.75) is 26.3 Å². The normalized spacial score (nSPS) is 22.4. The van der Waals surface area contributed by atoms with Gasteiger partial charge in [0.25, 0.3) is 5.91 Å². The Balaban J connectivity index is 2.21. The first-order chi connectivity index (χ1) is 8.81. The third-order valence-corrected chi connectivity index (χ3v) is 4.42. The average Bonchev–Trinajstić information content (AvgIpc) is 2.32. The fraction of sp³-hybridized carbons (Fsp3) is 0.500. The molecule has 1 unspecified atom stereocenters. The molecule has 1 amide bonds. The molecular weight excluding hydrogens is 311 g/mol. The van der Waals surface area contributed by atoms with E-state index in [1.54, 1.807) is 4.90 Å². The van der Waals surface area contributed by atoms with Gasteiger partial charge >= 0.3 is 0 Å². The molecule has 1 atom stereocenters. The van der Waals surface area contributed by atoms with E-state index >= 15 is 0 Å². The summed E-state index contributed by atoms with van der Waals surface area (Å²) < 4.78 is 13.5. The molecule has 19 heavy (non-hydrogen) atoms. The standard InChI is InChI=1S/C14H18BrFN2O/c1-14(2)8-18(6-5-12(14)17)13(19)10-4-3-9(16)7-11(10)15/h3-4,7,12H,5-6,8,17H2,1-2H3. The number of nitrogens with zero attached hydrogens (tertiary/aromatic N) is 1. The minimum Gasteiger partial charge on any atom is -0.338 e. The maximum absolute atomic E-state index is 13.1. The van der Waals surface area contributed by atoms with Crippen LogP contribution in [0.4, 0.5) is 4.39 Å². The highest BCUT2D eigenvalue weighted by molar-refractivity contribution is 9.10. The Morgan fingerprint density at radius 3 is 2.79 bits per heavy atom. The zero-order valence-corrected chi connectivity index (χ0v) is 12.7. The Hall–Kier alpha value is -0.940. The van der Waals surface area contributed by atoms with Gasteiger partial charge in [-0.3, -0.25) is 4.79 Å². The zero-order valence-electron chi connectivity index (χ0n) is 11.1. The van der Waals surface area contributed by atoms with Crippen molar-refractivity contribution >= 4 is 21.8 Å². The smallest absolute Gasteiger partial charge is 0.255 e. The largest absolute Gasteiger partial charge is 0.338 e. The van der Waals surface area contributed by atoms with Gasteiger partial charge in [0.1, 0.15) is 5.82 Å². The Labute approximate surface area is 121 Å². The van der Waals surface area contributed by atoms with Crippen molar-refractivity contribution < 1.29 is 9.18 Å². The second-order valence-corrected chi connectivity index (χ2v) is 6.59. The van der Waals surface area contributed by atoms with E-state index in [2.05, 4.69) is 29.8 Å². The first-order valence-electron chi connectivity index (χ1n) is 6.31. The van der Waals surface area contributed by atoms with E-state index in [-0.39, 0.29) is 23.2 Å². The summed E-state index contributed by atoms with van der Waals surface area (Å²) in [7, 11) is 0. The summed E-state index contributed by atoms with van der Waals surface area (Å²) >= 11 is 3.24. The number of likely N-dealkylation sites (tertiary alicyclic amines) is 1. The molecule has 0 aliphatic carbocycles. The van der Waals surface area contributed by atoms with Crippen LogP contribution in [0.3, 0.4) is 0 Å². The van der Waals surface area contributed by atoms with Gasteiger partial charge in [0.05, 0.1) is 5.56 Å². The summed E-state index contributed by atoms with van der Waals surface area (Å²) in [6.45, 7) is 5.40. The van der Waals surface area contributed by atoms with Crippen LogP contribution in [0.2, 0.25) is 0 Å². The number of hydrogen-bond donors (Lipinski definition) is 1. The molecule has 3 nitrogen and oxygen atoms in total. The lowest BCUT2D eigenvalue weighted by Crippen LogP contribution is -2.54. The molecule has 0 saturated carbocycles. The summed E-state index contributed by atoms with van der Waals surface area (Å²) in [5.41, 5.74) is 6.46. The maximum Gasteiger partial charge on any atom is 0.255 e. The molecule has 0 aromatic heterocycles. The number of amides is 1. The van der Waals surface area contributed by atoms with Gasteiger partial charge < -0.3 is 10.6 Å². The molecule has 1 aromatic rings. The first-order valence-corrected chi connectivity index (χ1v) is 7.10. The van der Waals surface area contributed by atoms with Gasteiger partial charge in [-0.15, -0.1) is 0 Å². The van der Waals surface area contributed by atoms with Crippen molar-refractivity contribution in [3.63, 3.8) is 0 Å². The fourth-order valence-electron chi connectivity index (χ4n) is 2.38. The van der Waals surface area contributed by atoms with Gasteiger partial charge in [-0.25, -0.2) is 4.39 Å². The third-order valence-electron chi connectivity index (χ3n) is 3.76. The van der Waals surface area contributed by atoms with Crippen LogP contribution in [0.25, 0.3) is 0 Å². The lowest BCUT2D eigenvalue weighted by atomic mass is 9.79. The van der Waals surface area contributed by atoms with Crippen molar-refractivity contribution in [2.24, 2.45) is 11.1 Å². The quantitative estimate of drug-likeness (QED) is 0.861. The van der Waals surface area contributed by atoms with Gasteiger partial charge in [0.15, 0.2) is 0 Å². The molecular formula is C14H18BrFN2O. The molecule has 104 valence electrons. The number of carbonyl (C=O) groups excluding carboxylic acids is 1. The lowest BCUT2D eigenvalue weighted by molar-refractivity contribution is 0.0532. The molecule has 1 fully saturated rings. The molecule has 5 heteroatoms.